The smallest absolute Gasteiger partial charge is 0.223 e. The van der Waals surface area contributed by atoms with Crippen LogP contribution >= 0.6 is 0 Å². The Morgan fingerprint density at radius 3 is 2.48 bits per heavy atom. The zero-order valence-corrected chi connectivity index (χ0v) is 12.4. The summed E-state index contributed by atoms with van der Waals surface area (Å²) in [5.74, 6) is -2.50. The van der Waals surface area contributed by atoms with Crippen molar-refractivity contribution in [2.75, 3.05) is 0 Å². The maximum Gasteiger partial charge on any atom is 0.223 e. The standard InChI is InChI=1S/C17H16F3NO2/c1-10(14-6-5-13(19)8-15(14)20)21-17(23)9-16(22)11-3-2-4-12(18)7-11/h2-8,10,16,22H,9H2,1H3,(H,21,23). The number of halogens is 3. The molecular weight excluding hydrogens is 307 g/mol. The van der Waals surface area contributed by atoms with Crippen LogP contribution in [0.5, 0.6) is 0 Å². The molecule has 2 N–H and O–H groups in total. The highest BCUT2D eigenvalue weighted by atomic mass is 19.1. The van der Waals surface area contributed by atoms with Gasteiger partial charge in [-0.2, -0.15) is 0 Å². The highest BCUT2D eigenvalue weighted by molar-refractivity contribution is 5.77. The molecule has 0 aliphatic carbocycles. The van der Waals surface area contributed by atoms with Crippen molar-refractivity contribution in [3.63, 3.8) is 0 Å². The summed E-state index contributed by atoms with van der Waals surface area (Å²) in [5, 5.41) is 12.5. The number of benzene rings is 2. The number of carbonyl (C=O) groups is 1. The van der Waals surface area contributed by atoms with Crippen LogP contribution in [-0.4, -0.2) is 11.0 Å². The first-order valence-electron chi connectivity index (χ1n) is 7.04. The molecule has 0 aliphatic heterocycles. The Balaban J connectivity index is 1.98. The number of rotatable bonds is 5. The van der Waals surface area contributed by atoms with Gasteiger partial charge in [-0.3, -0.25) is 4.79 Å². The molecule has 0 aliphatic rings. The molecule has 0 saturated carbocycles. The molecule has 6 heteroatoms. The number of hydrogen-bond donors (Lipinski definition) is 2. The van der Waals surface area contributed by atoms with E-state index in [4.69, 9.17) is 0 Å². The molecular formula is C17H16F3NO2. The van der Waals surface area contributed by atoms with Crippen molar-refractivity contribution in [1.82, 2.24) is 5.32 Å². The number of aliphatic hydroxyl groups excluding tert-OH is 1. The molecule has 2 unspecified atom stereocenters. The van der Waals surface area contributed by atoms with Crippen molar-refractivity contribution in [2.24, 2.45) is 0 Å². The molecule has 0 heterocycles. The van der Waals surface area contributed by atoms with Gasteiger partial charge in [0, 0.05) is 11.6 Å². The quantitative estimate of drug-likeness (QED) is 0.886. The number of carbonyl (C=O) groups excluding carboxylic acids is 1. The first-order chi connectivity index (χ1) is 10.9. The summed E-state index contributed by atoms with van der Waals surface area (Å²) >= 11 is 0. The fourth-order valence-electron chi connectivity index (χ4n) is 2.24. The molecule has 1 amide bonds. The molecule has 2 aromatic carbocycles. The Morgan fingerprint density at radius 1 is 1.13 bits per heavy atom. The Morgan fingerprint density at radius 2 is 1.83 bits per heavy atom. The summed E-state index contributed by atoms with van der Waals surface area (Å²) in [6.45, 7) is 1.54. The molecule has 2 aromatic rings. The minimum absolute atomic E-state index is 0.139. The van der Waals surface area contributed by atoms with Gasteiger partial charge in [0.05, 0.1) is 18.6 Å². The first-order valence-corrected chi connectivity index (χ1v) is 7.04. The zero-order chi connectivity index (χ0) is 17.0. The fourth-order valence-corrected chi connectivity index (χ4v) is 2.24. The predicted molar refractivity (Wildman–Crippen MR) is 78.9 cm³/mol. The average Bonchev–Trinajstić information content (AvgIpc) is 2.46. The van der Waals surface area contributed by atoms with Gasteiger partial charge in [0.1, 0.15) is 17.5 Å². The van der Waals surface area contributed by atoms with E-state index in [9.17, 15) is 23.1 Å². The van der Waals surface area contributed by atoms with E-state index in [1.54, 1.807) is 6.92 Å². The van der Waals surface area contributed by atoms with Crippen molar-refractivity contribution >= 4 is 5.91 Å². The van der Waals surface area contributed by atoms with Crippen LogP contribution in [0.1, 0.15) is 36.6 Å². The average molecular weight is 323 g/mol. The van der Waals surface area contributed by atoms with E-state index in [2.05, 4.69) is 5.32 Å². The topological polar surface area (TPSA) is 49.3 Å². The normalized spacial score (nSPS) is 13.4. The summed E-state index contributed by atoms with van der Waals surface area (Å²) in [6.07, 6.45) is -1.47. The van der Waals surface area contributed by atoms with Gasteiger partial charge in [-0.25, -0.2) is 13.2 Å². The lowest BCUT2D eigenvalue weighted by Gasteiger charge is -2.17. The SMILES string of the molecule is CC(NC(=O)CC(O)c1cccc(F)c1)c1ccc(F)cc1F. The summed E-state index contributed by atoms with van der Waals surface area (Å²) in [4.78, 5) is 11.9. The van der Waals surface area contributed by atoms with Crippen LogP contribution in [0, 0.1) is 17.5 Å². The first kappa shape index (κ1) is 17.0. The lowest BCUT2D eigenvalue weighted by atomic mass is 10.0. The van der Waals surface area contributed by atoms with Crippen LogP contribution in [0.3, 0.4) is 0 Å². The van der Waals surface area contributed by atoms with Crippen LogP contribution in [0.4, 0.5) is 13.2 Å². The van der Waals surface area contributed by atoms with Gasteiger partial charge in [0.25, 0.3) is 0 Å². The van der Waals surface area contributed by atoms with E-state index in [0.29, 0.717) is 0 Å². The van der Waals surface area contributed by atoms with Crippen LogP contribution in [-0.2, 0) is 4.79 Å². The van der Waals surface area contributed by atoms with E-state index < -0.39 is 35.5 Å². The molecule has 0 spiro atoms. The minimum atomic E-state index is -1.17. The second kappa shape index (κ2) is 7.28. The Bertz CT molecular complexity index is 706. The van der Waals surface area contributed by atoms with Gasteiger partial charge in [0.2, 0.25) is 5.91 Å². The van der Waals surface area contributed by atoms with E-state index in [1.807, 2.05) is 0 Å². The highest BCUT2D eigenvalue weighted by Crippen LogP contribution is 2.20. The summed E-state index contributed by atoms with van der Waals surface area (Å²) in [5.41, 5.74) is 0.417. The summed E-state index contributed by atoms with van der Waals surface area (Å²) < 4.78 is 39.6. The largest absolute Gasteiger partial charge is 0.388 e. The van der Waals surface area contributed by atoms with Crippen molar-refractivity contribution in [2.45, 2.75) is 25.5 Å². The molecule has 3 nitrogen and oxygen atoms in total. The number of aliphatic hydroxyl groups is 1. The van der Waals surface area contributed by atoms with Gasteiger partial charge >= 0.3 is 0 Å². The van der Waals surface area contributed by atoms with E-state index >= 15 is 0 Å². The van der Waals surface area contributed by atoms with E-state index in [-0.39, 0.29) is 17.5 Å². The van der Waals surface area contributed by atoms with Crippen molar-refractivity contribution < 1.29 is 23.1 Å². The van der Waals surface area contributed by atoms with Gasteiger partial charge in [0.15, 0.2) is 0 Å². The third-order valence-corrected chi connectivity index (χ3v) is 3.42. The van der Waals surface area contributed by atoms with Crippen LogP contribution in [0.2, 0.25) is 0 Å². The molecule has 2 rings (SSSR count). The van der Waals surface area contributed by atoms with Gasteiger partial charge < -0.3 is 10.4 Å². The van der Waals surface area contributed by atoms with Gasteiger partial charge in [-0.05, 0) is 30.7 Å². The summed E-state index contributed by atoms with van der Waals surface area (Å²) in [6, 6.07) is 7.70. The lowest BCUT2D eigenvalue weighted by molar-refractivity contribution is -0.123. The monoisotopic (exact) mass is 323 g/mol. The van der Waals surface area contributed by atoms with Crippen molar-refractivity contribution in [3.8, 4) is 0 Å². The third kappa shape index (κ3) is 4.56. The maximum absolute atomic E-state index is 13.6. The van der Waals surface area contributed by atoms with E-state index in [0.717, 1.165) is 18.2 Å². The predicted octanol–water partition coefficient (Wildman–Crippen LogP) is 3.40. The Labute approximate surface area is 131 Å². The van der Waals surface area contributed by atoms with Crippen molar-refractivity contribution in [3.05, 3.63) is 71.0 Å². The number of amides is 1. The molecule has 23 heavy (non-hydrogen) atoms. The highest BCUT2D eigenvalue weighted by Gasteiger charge is 2.18. The van der Waals surface area contributed by atoms with Crippen LogP contribution in [0.15, 0.2) is 42.5 Å². The van der Waals surface area contributed by atoms with Crippen molar-refractivity contribution in [1.29, 1.82) is 0 Å². The molecule has 2 atom stereocenters. The van der Waals surface area contributed by atoms with E-state index in [1.165, 1.54) is 24.3 Å². The summed E-state index contributed by atoms with van der Waals surface area (Å²) in [7, 11) is 0. The minimum Gasteiger partial charge on any atom is -0.388 e. The molecule has 0 saturated heterocycles. The second-order valence-corrected chi connectivity index (χ2v) is 5.23. The molecule has 122 valence electrons. The van der Waals surface area contributed by atoms with Crippen LogP contribution in [0.25, 0.3) is 0 Å². The molecule has 0 fully saturated rings. The lowest BCUT2D eigenvalue weighted by Crippen LogP contribution is -2.28. The zero-order valence-electron chi connectivity index (χ0n) is 12.4. The van der Waals surface area contributed by atoms with Crippen LogP contribution < -0.4 is 5.32 Å². The molecule has 0 bridgehead atoms. The Kier molecular flexibility index (Phi) is 5.39. The van der Waals surface area contributed by atoms with Gasteiger partial charge in [-0.15, -0.1) is 0 Å². The molecule has 0 aromatic heterocycles. The number of nitrogens with one attached hydrogen (secondary N) is 1. The number of hydrogen-bond acceptors (Lipinski definition) is 2. The van der Waals surface area contributed by atoms with Gasteiger partial charge in [-0.1, -0.05) is 18.2 Å². The molecule has 0 radical (unpaired) electrons. The Hall–Kier alpha value is -2.34. The third-order valence-electron chi connectivity index (χ3n) is 3.42. The maximum atomic E-state index is 13.6. The second-order valence-electron chi connectivity index (χ2n) is 5.23. The fraction of sp³-hybridized carbons (Fsp3) is 0.235.